The zero-order valence-corrected chi connectivity index (χ0v) is 17.0. The molecule has 154 valence electrons. The lowest BCUT2D eigenvalue weighted by molar-refractivity contribution is -0.120. The Labute approximate surface area is 171 Å². The number of anilines is 1. The SMILES string of the molecule is CCNC(=NCc1ccc(F)c(C)c1)NCc1ccc(N2CCNC(=O)C2)cc1. The summed E-state index contributed by atoms with van der Waals surface area (Å²) in [4.78, 5) is 18.2. The molecule has 0 radical (unpaired) electrons. The van der Waals surface area contributed by atoms with Crippen LogP contribution in [0, 0.1) is 12.7 Å². The van der Waals surface area contributed by atoms with Crippen molar-refractivity contribution in [3.8, 4) is 0 Å². The maximum Gasteiger partial charge on any atom is 0.239 e. The maximum absolute atomic E-state index is 13.4. The van der Waals surface area contributed by atoms with Crippen LogP contribution in [0.3, 0.4) is 0 Å². The van der Waals surface area contributed by atoms with Crippen molar-refractivity contribution in [1.82, 2.24) is 16.0 Å². The first-order valence-corrected chi connectivity index (χ1v) is 9.93. The highest BCUT2D eigenvalue weighted by atomic mass is 19.1. The molecule has 0 aromatic heterocycles. The van der Waals surface area contributed by atoms with E-state index >= 15 is 0 Å². The van der Waals surface area contributed by atoms with E-state index in [0.717, 1.165) is 29.9 Å². The minimum atomic E-state index is -0.198. The molecule has 1 aliphatic heterocycles. The second-order valence-electron chi connectivity index (χ2n) is 7.07. The van der Waals surface area contributed by atoms with Crippen molar-refractivity contribution in [1.29, 1.82) is 0 Å². The molecule has 0 spiro atoms. The van der Waals surface area contributed by atoms with E-state index in [-0.39, 0.29) is 11.7 Å². The first-order chi connectivity index (χ1) is 14.0. The van der Waals surface area contributed by atoms with Gasteiger partial charge in [-0.25, -0.2) is 9.38 Å². The van der Waals surface area contributed by atoms with Gasteiger partial charge in [-0.1, -0.05) is 24.3 Å². The first kappa shape index (κ1) is 20.6. The largest absolute Gasteiger partial charge is 0.360 e. The number of aryl methyl sites for hydroxylation is 1. The number of hydrogen-bond acceptors (Lipinski definition) is 3. The van der Waals surface area contributed by atoms with Crippen molar-refractivity contribution in [3.05, 3.63) is 65.0 Å². The van der Waals surface area contributed by atoms with E-state index < -0.39 is 0 Å². The topological polar surface area (TPSA) is 68.8 Å². The van der Waals surface area contributed by atoms with Gasteiger partial charge in [0.15, 0.2) is 5.96 Å². The van der Waals surface area contributed by atoms with Gasteiger partial charge in [0, 0.05) is 31.9 Å². The van der Waals surface area contributed by atoms with Crippen molar-refractivity contribution in [2.24, 2.45) is 4.99 Å². The molecule has 1 saturated heterocycles. The van der Waals surface area contributed by atoms with Gasteiger partial charge in [-0.05, 0) is 48.7 Å². The number of rotatable bonds is 6. The molecule has 2 aromatic carbocycles. The van der Waals surface area contributed by atoms with Gasteiger partial charge in [-0.15, -0.1) is 0 Å². The third kappa shape index (κ3) is 5.94. The van der Waals surface area contributed by atoms with Crippen LogP contribution < -0.4 is 20.9 Å². The van der Waals surface area contributed by atoms with Crippen LogP contribution in [-0.4, -0.2) is 38.0 Å². The van der Waals surface area contributed by atoms with E-state index in [9.17, 15) is 9.18 Å². The number of carbonyl (C=O) groups excluding carboxylic acids is 1. The summed E-state index contributed by atoms with van der Waals surface area (Å²) in [7, 11) is 0. The fourth-order valence-corrected chi connectivity index (χ4v) is 3.19. The third-order valence-electron chi connectivity index (χ3n) is 4.79. The number of hydrogen-bond donors (Lipinski definition) is 3. The van der Waals surface area contributed by atoms with Gasteiger partial charge >= 0.3 is 0 Å². The summed E-state index contributed by atoms with van der Waals surface area (Å²) in [5.74, 6) is 0.576. The first-order valence-electron chi connectivity index (χ1n) is 9.93. The van der Waals surface area contributed by atoms with Crippen LogP contribution in [0.15, 0.2) is 47.5 Å². The second kappa shape index (κ2) is 9.91. The molecule has 0 saturated carbocycles. The van der Waals surface area contributed by atoms with Crippen molar-refractivity contribution >= 4 is 17.6 Å². The van der Waals surface area contributed by atoms with Gasteiger partial charge in [-0.2, -0.15) is 0 Å². The molecule has 7 heteroatoms. The molecule has 1 heterocycles. The van der Waals surface area contributed by atoms with Gasteiger partial charge in [-0.3, -0.25) is 4.79 Å². The molecule has 6 nitrogen and oxygen atoms in total. The van der Waals surface area contributed by atoms with Crippen molar-refractivity contribution < 1.29 is 9.18 Å². The van der Waals surface area contributed by atoms with Gasteiger partial charge in [0.1, 0.15) is 5.82 Å². The number of halogens is 1. The number of nitrogens with zero attached hydrogens (tertiary/aromatic N) is 2. The third-order valence-corrected chi connectivity index (χ3v) is 4.79. The molecule has 2 aromatic rings. The summed E-state index contributed by atoms with van der Waals surface area (Å²) < 4.78 is 13.4. The van der Waals surface area contributed by atoms with Crippen LogP contribution in [0.25, 0.3) is 0 Å². The monoisotopic (exact) mass is 397 g/mol. The Morgan fingerprint density at radius 3 is 2.62 bits per heavy atom. The standard InChI is InChI=1S/C22H28FN5O/c1-3-24-22(27-14-18-6-9-20(23)16(2)12-18)26-13-17-4-7-19(8-5-17)28-11-10-25-21(29)15-28/h4-9,12H,3,10-11,13-15H2,1-2H3,(H,25,29)(H2,24,26,27). The lowest BCUT2D eigenvalue weighted by Gasteiger charge is -2.28. The lowest BCUT2D eigenvalue weighted by Crippen LogP contribution is -2.47. The zero-order valence-electron chi connectivity index (χ0n) is 17.0. The van der Waals surface area contributed by atoms with E-state index in [4.69, 9.17) is 0 Å². The molecule has 1 aliphatic rings. The van der Waals surface area contributed by atoms with Crippen molar-refractivity contribution in [3.63, 3.8) is 0 Å². The molecule has 0 aliphatic carbocycles. The molecule has 29 heavy (non-hydrogen) atoms. The predicted octanol–water partition coefficient (Wildman–Crippen LogP) is 2.33. The van der Waals surface area contributed by atoms with E-state index in [0.29, 0.717) is 37.7 Å². The number of benzene rings is 2. The minimum Gasteiger partial charge on any atom is -0.360 e. The molecule has 3 N–H and O–H groups in total. The van der Waals surface area contributed by atoms with Gasteiger partial charge in [0.25, 0.3) is 0 Å². The number of piperazine rings is 1. The lowest BCUT2D eigenvalue weighted by atomic mass is 10.1. The Kier molecular flexibility index (Phi) is 7.05. The van der Waals surface area contributed by atoms with Crippen LogP contribution in [0.5, 0.6) is 0 Å². The second-order valence-corrected chi connectivity index (χ2v) is 7.07. The highest BCUT2D eigenvalue weighted by Crippen LogP contribution is 2.16. The van der Waals surface area contributed by atoms with Crippen LogP contribution in [0.2, 0.25) is 0 Å². The zero-order chi connectivity index (χ0) is 20.6. The highest BCUT2D eigenvalue weighted by molar-refractivity contribution is 5.82. The van der Waals surface area contributed by atoms with Crippen molar-refractivity contribution in [2.75, 3.05) is 31.1 Å². The Morgan fingerprint density at radius 1 is 1.17 bits per heavy atom. The maximum atomic E-state index is 13.4. The average molecular weight is 397 g/mol. The Bertz CT molecular complexity index is 866. The molecule has 0 atom stereocenters. The van der Waals surface area contributed by atoms with Gasteiger partial charge in [0.2, 0.25) is 5.91 Å². The van der Waals surface area contributed by atoms with Crippen LogP contribution in [-0.2, 0) is 17.9 Å². The Hall–Kier alpha value is -3.09. The molecule has 1 fully saturated rings. The minimum absolute atomic E-state index is 0.0600. The Balaban J connectivity index is 1.58. The van der Waals surface area contributed by atoms with Crippen LogP contribution in [0.4, 0.5) is 10.1 Å². The van der Waals surface area contributed by atoms with E-state index in [1.807, 2.05) is 25.1 Å². The summed E-state index contributed by atoms with van der Waals surface area (Å²) in [6.07, 6.45) is 0. The van der Waals surface area contributed by atoms with E-state index in [1.165, 1.54) is 6.07 Å². The van der Waals surface area contributed by atoms with Crippen LogP contribution >= 0.6 is 0 Å². The summed E-state index contributed by atoms with van der Waals surface area (Å²) in [5.41, 5.74) is 3.77. The fourth-order valence-electron chi connectivity index (χ4n) is 3.19. The van der Waals surface area contributed by atoms with E-state index in [1.54, 1.807) is 13.0 Å². The number of carbonyl (C=O) groups is 1. The van der Waals surface area contributed by atoms with Crippen LogP contribution in [0.1, 0.15) is 23.6 Å². The molecule has 1 amide bonds. The number of aliphatic imine (C=N–C) groups is 1. The van der Waals surface area contributed by atoms with Gasteiger partial charge in [0.05, 0.1) is 13.1 Å². The predicted molar refractivity (Wildman–Crippen MR) is 114 cm³/mol. The summed E-state index contributed by atoms with van der Waals surface area (Å²) in [5, 5.41) is 9.39. The quantitative estimate of drug-likeness (QED) is 0.517. The smallest absolute Gasteiger partial charge is 0.239 e. The van der Waals surface area contributed by atoms with Crippen molar-refractivity contribution in [2.45, 2.75) is 26.9 Å². The normalized spacial score (nSPS) is 14.5. The average Bonchev–Trinajstić information content (AvgIpc) is 2.73. The Morgan fingerprint density at radius 2 is 1.93 bits per heavy atom. The fraction of sp³-hybridized carbons (Fsp3) is 0.364. The summed E-state index contributed by atoms with van der Waals surface area (Å²) in [6.45, 7) is 7.54. The molecular weight excluding hydrogens is 369 g/mol. The van der Waals surface area contributed by atoms with Gasteiger partial charge < -0.3 is 20.9 Å². The van der Waals surface area contributed by atoms with E-state index in [2.05, 4.69) is 38.0 Å². The molecule has 0 bridgehead atoms. The number of amides is 1. The molecule has 0 unspecified atom stereocenters. The molecular formula is C22H28FN5O. The number of nitrogens with one attached hydrogen (secondary N) is 3. The summed E-state index contributed by atoms with van der Waals surface area (Å²) in [6, 6.07) is 13.3. The number of guanidine groups is 1. The summed E-state index contributed by atoms with van der Waals surface area (Å²) >= 11 is 0. The highest BCUT2D eigenvalue weighted by Gasteiger charge is 2.16. The molecule has 3 rings (SSSR count).